The van der Waals surface area contributed by atoms with Crippen molar-refractivity contribution in [3.8, 4) is 5.69 Å². The Morgan fingerprint density at radius 3 is 2.77 bits per heavy atom. The fraction of sp³-hybridized carbons (Fsp3) is 0.524. The van der Waals surface area contributed by atoms with Gasteiger partial charge in [0, 0.05) is 17.6 Å². The fourth-order valence-electron chi connectivity index (χ4n) is 4.03. The molecule has 160 valence electrons. The third-order valence-corrected chi connectivity index (χ3v) is 6.17. The zero-order valence-electron chi connectivity index (χ0n) is 17.1. The van der Waals surface area contributed by atoms with Crippen molar-refractivity contribution in [3.63, 3.8) is 0 Å². The van der Waals surface area contributed by atoms with Crippen LogP contribution >= 0.6 is 11.6 Å². The number of hydrogen-bond donors (Lipinski definition) is 1. The number of rotatable bonds is 6. The minimum absolute atomic E-state index is 0.0784. The summed E-state index contributed by atoms with van der Waals surface area (Å²) in [6.45, 7) is 2.74. The van der Waals surface area contributed by atoms with E-state index in [2.05, 4.69) is 10.1 Å². The van der Waals surface area contributed by atoms with Gasteiger partial charge in [-0.05, 0) is 55.9 Å². The summed E-state index contributed by atoms with van der Waals surface area (Å²) in [5.74, 6) is 0.152. The minimum atomic E-state index is -0.687. The summed E-state index contributed by atoms with van der Waals surface area (Å²) >= 11 is 6.24. The second-order valence-corrected chi connectivity index (χ2v) is 8.73. The number of carbonyl (C=O) groups excluding carboxylic acids is 2. The molecule has 3 amide bonds. The van der Waals surface area contributed by atoms with Crippen LogP contribution in [0.2, 0.25) is 5.02 Å². The van der Waals surface area contributed by atoms with Crippen molar-refractivity contribution < 1.29 is 9.59 Å². The van der Waals surface area contributed by atoms with E-state index in [4.69, 9.17) is 17.3 Å². The van der Waals surface area contributed by atoms with Crippen molar-refractivity contribution in [2.45, 2.75) is 57.7 Å². The molecule has 1 saturated carbocycles. The lowest BCUT2D eigenvalue weighted by atomic mass is 10.1. The molecule has 1 aliphatic carbocycles. The van der Waals surface area contributed by atoms with Gasteiger partial charge in [0.25, 0.3) is 0 Å². The summed E-state index contributed by atoms with van der Waals surface area (Å²) in [5.41, 5.74) is 7.65. The highest BCUT2D eigenvalue weighted by molar-refractivity contribution is 6.30. The summed E-state index contributed by atoms with van der Waals surface area (Å²) in [7, 11) is 0. The van der Waals surface area contributed by atoms with Crippen molar-refractivity contribution in [2.24, 2.45) is 11.7 Å². The van der Waals surface area contributed by atoms with Gasteiger partial charge >= 0.3 is 6.03 Å². The van der Waals surface area contributed by atoms with Crippen molar-refractivity contribution in [1.29, 1.82) is 0 Å². The lowest BCUT2D eigenvalue weighted by Crippen LogP contribution is -2.52. The molecular weight excluding hydrogens is 404 g/mol. The molecular formula is C21H27ClN6O2. The normalized spacial score (nSPS) is 19.7. The number of urea groups is 1. The highest BCUT2D eigenvalue weighted by Crippen LogP contribution is 2.34. The van der Waals surface area contributed by atoms with Gasteiger partial charge in [-0.25, -0.2) is 14.5 Å². The molecule has 9 heteroatoms. The van der Waals surface area contributed by atoms with E-state index in [1.807, 2.05) is 13.0 Å². The molecule has 1 aliphatic heterocycles. The molecule has 2 atom stereocenters. The quantitative estimate of drug-likeness (QED) is 0.759. The Morgan fingerprint density at radius 1 is 1.33 bits per heavy atom. The van der Waals surface area contributed by atoms with Crippen LogP contribution in [0, 0.1) is 5.92 Å². The van der Waals surface area contributed by atoms with Crippen molar-refractivity contribution in [2.75, 3.05) is 6.54 Å². The number of halogens is 1. The molecule has 0 unspecified atom stereocenters. The average molecular weight is 431 g/mol. The number of aromatic nitrogens is 3. The molecule has 0 spiro atoms. The smallest absolute Gasteiger partial charge is 0.322 e. The van der Waals surface area contributed by atoms with E-state index in [0.29, 0.717) is 35.2 Å². The standard InChI is InChI=1S/C21H27ClN6O2/c1-14-3-2-8-26(14)21(30)27(20(29)18(23)9-15-4-5-15)11-16-10-17(22)6-7-19(16)28-13-24-12-25-28/h6-7,10,12-15,18H,2-5,8-9,11,23H2,1H3/t14-,18-/m1/s1. The molecule has 1 aromatic heterocycles. The number of amides is 3. The van der Waals surface area contributed by atoms with Crippen LogP contribution in [0.5, 0.6) is 0 Å². The molecule has 0 bridgehead atoms. The van der Waals surface area contributed by atoms with Crippen LogP contribution in [-0.4, -0.2) is 55.1 Å². The lowest BCUT2D eigenvalue weighted by Gasteiger charge is -2.31. The Bertz CT molecular complexity index is 914. The van der Waals surface area contributed by atoms with Crippen LogP contribution in [0.1, 0.15) is 44.6 Å². The second kappa shape index (κ2) is 8.73. The molecule has 2 heterocycles. The van der Waals surface area contributed by atoms with Crippen LogP contribution in [0.25, 0.3) is 5.69 Å². The third kappa shape index (κ3) is 4.49. The van der Waals surface area contributed by atoms with E-state index >= 15 is 0 Å². The molecule has 30 heavy (non-hydrogen) atoms. The Hall–Kier alpha value is -2.45. The lowest BCUT2D eigenvalue weighted by molar-refractivity contribution is -0.131. The van der Waals surface area contributed by atoms with E-state index in [9.17, 15) is 9.59 Å². The molecule has 4 rings (SSSR count). The zero-order valence-corrected chi connectivity index (χ0v) is 17.8. The van der Waals surface area contributed by atoms with Crippen LogP contribution in [0.4, 0.5) is 4.79 Å². The molecule has 8 nitrogen and oxygen atoms in total. The van der Waals surface area contributed by atoms with Crippen LogP contribution < -0.4 is 5.73 Å². The molecule has 2 aromatic rings. The van der Waals surface area contributed by atoms with Gasteiger partial charge in [-0.2, -0.15) is 5.10 Å². The first kappa shape index (κ1) is 20.8. The first-order chi connectivity index (χ1) is 14.4. The van der Waals surface area contributed by atoms with E-state index in [0.717, 1.165) is 25.7 Å². The number of nitrogens with two attached hydrogens (primary N) is 1. The van der Waals surface area contributed by atoms with Gasteiger partial charge in [0.15, 0.2) is 0 Å². The minimum Gasteiger partial charge on any atom is -0.322 e. The Morgan fingerprint density at radius 2 is 2.13 bits per heavy atom. The Kier molecular flexibility index (Phi) is 6.06. The Labute approximate surface area is 181 Å². The predicted octanol–water partition coefficient (Wildman–Crippen LogP) is 2.98. The second-order valence-electron chi connectivity index (χ2n) is 8.29. The molecule has 1 saturated heterocycles. The van der Waals surface area contributed by atoms with E-state index in [-0.39, 0.29) is 24.5 Å². The first-order valence-electron chi connectivity index (χ1n) is 10.4. The maximum atomic E-state index is 13.4. The molecule has 0 radical (unpaired) electrons. The summed E-state index contributed by atoms with van der Waals surface area (Å²) in [6, 6.07) is 4.43. The van der Waals surface area contributed by atoms with Gasteiger partial charge in [-0.1, -0.05) is 24.4 Å². The number of carbonyl (C=O) groups is 2. The fourth-order valence-corrected chi connectivity index (χ4v) is 4.23. The largest absolute Gasteiger partial charge is 0.327 e. The van der Waals surface area contributed by atoms with E-state index in [1.54, 1.807) is 28.0 Å². The van der Waals surface area contributed by atoms with Gasteiger partial charge in [-0.3, -0.25) is 9.69 Å². The van der Waals surface area contributed by atoms with Crippen molar-refractivity contribution >= 4 is 23.5 Å². The number of benzene rings is 1. The van der Waals surface area contributed by atoms with Crippen molar-refractivity contribution in [1.82, 2.24) is 24.6 Å². The topological polar surface area (TPSA) is 97.4 Å². The number of hydrogen-bond acceptors (Lipinski definition) is 5. The van der Waals surface area contributed by atoms with Crippen LogP contribution in [0.3, 0.4) is 0 Å². The number of likely N-dealkylation sites (tertiary alicyclic amines) is 1. The molecule has 2 fully saturated rings. The summed E-state index contributed by atoms with van der Waals surface area (Å²) in [6.07, 6.45) is 7.69. The maximum Gasteiger partial charge on any atom is 0.327 e. The van der Waals surface area contributed by atoms with Gasteiger partial charge in [0.1, 0.15) is 12.7 Å². The van der Waals surface area contributed by atoms with Gasteiger partial charge in [-0.15, -0.1) is 0 Å². The van der Waals surface area contributed by atoms with Gasteiger partial charge in [0.2, 0.25) is 5.91 Å². The van der Waals surface area contributed by atoms with Crippen molar-refractivity contribution in [3.05, 3.63) is 41.4 Å². The maximum absolute atomic E-state index is 13.4. The van der Waals surface area contributed by atoms with Crippen LogP contribution in [-0.2, 0) is 11.3 Å². The highest BCUT2D eigenvalue weighted by Gasteiger charge is 2.36. The predicted molar refractivity (Wildman–Crippen MR) is 113 cm³/mol. The summed E-state index contributed by atoms with van der Waals surface area (Å²) in [5, 5.41) is 4.70. The highest BCUT2D eigenvalue weighted by atomic mass is 35.5. The van der Waals surface area contributed by atoms with E-state index in [1.165, 1.54) is 11.2 Å². The SMILES string of the molecule is C[C@@H]1CCCN1C(=O)N(Cc1cc(Cl)ccc1-n1cncn1)C(=O)[C@H](N)CC1CC1. The monoisotopic (exact) mass is 430 g/mol. The van der Waals surface area contributed by atoms with Crippen LogP contribution in [0.15, 0.2) is 30.9 Å². The van der Waals surface area contributed by atoms with Gasteiger partial charge in [0.05, 0.1) is 18.3 Å². The Balaban J connectivity index is 1.65. The molecule has 2 N–H and O–H groups in total. The third-order valence-electron chi connectivity index (χ3n) is 5.93. The molecule has 2 aliphatic rings. The van der Waals surface area contributed by atoms with Gasteiger partial charge < -0.3 is 10.6 Å². The first-order valence-corrected chi connectivity index (χ1v) is 10.8. The van der Waals surface area contributed by atoms with E-state index < -0.39 is 6.04 Å². The summed E-state index contributed by atoms with van der Waals surface area (Å²) in [4.78, 5) is 33.7. The number of nitrogens with zero attached hydrogens (tertiary/aromatic N) is 5. The number of imide groups is 1. The molecule has 1 aromatic carbocycles. The summed E-state index contributed by atoms with van der Waals surface area (Å²) < 4.78 is 1.60. The average Bonchev–Trinajstić information content (AvgIpc) is 3.18. The zero-order chi connectivity index (χ0) is 21.3.